The van der Waals surface area contributed by atoms with Crippen molar-refractivity contribution in [2.24, 2.45) is 18.7 Å². The van der Waals surface area contributed by atoms with Crippen molar-refractivity contribution in [1.29, 1.82) is 0 Å². The Morgan fingerprint density at radius 2 is 1.96 bits per heavy atom. The Kier molecular flexibility index (Phi) is 5.70. The number of imidazole rings is 1. The lowest BCUT2D eigenvalue weighted by Crippen LogP contribution is -2.52. The summed E-state index contributed by atoms with van der Waals surface area (Å²) in [4.78, 5) is 34.6. The number of piperidine rings is 1. The summed E-state index contributed by atoms with van der Waals surface area (Å²) in [6.45, 7) is 5.83. The van der Waals surface area contributed by atoms with Gasteiger partial charge in [-0.15, -0.1) is 0 Å². The summed E-state index contributed by atoms with van der Waals surface area (Å²) >= 11 is 0. The predicted octanol–water partition coefficient (Wildman–Crippen LogP) is -0.738. The monoisotopic (exact) mass is 348 g/mol. The Morgan fingerprint density at radius 3 is 2.60 bits per heavy atom. The Hall–Kier alpha value is -1.93. The molecule has 3 rings (SSSR count). The molecule has 0 aliphatic carbocycles. The minimum Gasteiger partial charge on any atom is -0.369 e. The Morgan fingerprint density at radius 1 is 1.20 bits per heavy atom. The average Bonchev–Trinajstić information content (AvgIpc) is 2.99. The number of piperazine rings is 1. The molecular weight excluding hydrogens is 320 g/mol. The summed E-state index contributed by atoms with van der Waals surface area (Å²) < 4.78 is 2.03. The molecule has 2 N–H and O–H groups in total. The van der Waals surface area contributed by atoms with Crippen molar-refractivity contribution in [3.63, 3.8) is 0 Å². The summed E-state index contributed by atoms with van der Waals surface area (Å²) in [5, 5.41) is 0. The summed E-state index contributed by atoms with van der Waals surface area (Å²) in [5.41, 5.74) is 5.28. The lowest BCUT2D eigenvalue weighted by molar-refractivity contribution is -0.139. The van der Waals surface area contributed by atoms with Crippen molar-refractivity contribution in [2.75, 3.05) is 45.8 Å². The lowest BCUT2D eigenvalue weighted by atomic mass is 9.96. The normalized spacial score (nSPS) is 22.9. The van der Waals surface area contributed by atoms with E-state index < -0.39 is 0 Å². The fourth-order valence-corrected chi connectivity index (χ4v) is 3.75. The number of nitrogens with two attached hydrogens (primary N) is 1. The van der Waals surface area contributed by atoms with Gasteiger partial charge in [0.15, 0.2) is 0 Å². The molecule has 1 atom stereocenters. The Labute approximate surface area is 148 Å². The Balaban J connectivity index is 1.48. The van der Waals surface area contributed by atoms with Crippen LogP contribution in [0.4, 0.5) is 0 Å². The highest BCUT2D eigenvalue weighted by atomic mass is 16.2. The molecule has 2 amide bonds. The van der Waals surface area contributed by atoms with E-state index in [1.807, 2.05) is 33.8 Å². The number of carbonyl (C=O) groups is 2. The van der Waals surface area contributed by atoms with E-state index in [1.165, 1.54) is 0 Å². The van der Waals surface area contributed by atoms with Crippen molar-refractivity contribution in [1.82, 2.24) is 24.3 Å². The highest BCUT2D eigenvalue weighted by molar-refractivity contribution is 5.80. The summed E-state index contributed by atoms with van der Waals surface area (Å²) in [7, 11) is 2.00. The number of aromatic nitrogens is 2. The first kappa shape index (κ1) is 17.9. The van der Waals surface area contributed by atoms with Gasteiger partial charge in [0, 0.05) is 52.2 Å². The largest absolute Gasteiger partial charge is 0.369 e. The maximum atomic E-state index is 12.8. The van der Waals surface area contributed by atoms with Crippen LogP contribution in [-0.2, 0) is 23.2 Å². The van der Waals surface area contributed by atoms with E-state index in [9.17, 15) is 9.59 Å². The number of amides is 2. The standard InChI is InChI=1S/C17H28N6O2/c1-20-6-4-19-16(20)13-21-7-9-23(10-8-21)17(25)14-3-2-5-22(11-14)12-15(18)24/h4,6,14H,2-3,5,7-13H2,1H3,(H2,18,24)/t14-/m1/s1. The molecule has 25 heavy (non-hydrogen) atoms. The first-order chi connectivity index (χ1) is 12.0. The number of hydrogen-bond donors (Lipinski definition) is 1. The third-order valence-corrected chi connectivity index (χ3v) is 5.20. The second-order valence-corrected chi connectivity index (χ2v) is 7.10. The van der Waals surface area contributed by atoms with Crippen LogP contribution in [0.3, 0.4) is 0 Å². The molecule has 2 aliphatic heterocycles. The van der Waals surface area contributed by atoms with E-state index in [0.717, 1.165) is 57.9 Å². The quantitative estimate of drug-likeness (QED) is 0.757. The molecule has 0 unspecified atom stereocenters. The minimum atomic E-state index is -0.323. The zero-order valence-corrected chi connectivity index (χ0v) is 14.9. The van der Waals surface area contributed by atoms with Crippen molar-refractivity contribution in [3.8, 4) is 0 Å². The van der Waals surface area contributed by atoms with Gasteiger partial charge in [-0.25, -0.2) is 4.98 Å². The number of aryl methyl sites for hydroxylation is 1. The van der Waals surface area contributed by atoms with E-state index in [1.54, 1.807) is 0 Å². The van der Waals surface area contributed by atoms with Crippen LogP contribution < -0.4 is 5.73 Å². The molecule has 2 fully saturated rings. The van der Waals surface area contributed by atoms with Crippen molar-refractivity contribution < 1.29 is 9.59 Å². The summed E-state index contributed by atoms with van der Waals surface area (Å²) in [6.07, 6.45) is 5.62. The fourth-order valence-electron chi connectivity index (χ4n) is 3.75. The van der Waals surface area contributed by atoms with E-state index >= 15 is 0 Å². The molecule has 0 bridgehead atoms. The highest BCUT2D eigenvalue weighted by Crippen LogP contribution is 2.20. The second kappa shape index (κ2) is 7.97. The van der Waals surface area contributed by atoms with Gasteiger partial charge in [-0.1, -0.05) is 0 Å². The average molecular weight is 348 g/mol. The van der Waals surface area contributed by atoms with E-state index in [2.05, 4.69) is 9.88 Å². The molecule has 0 aromatic carbocycles. The third kappa shape index (κ3) is 4.58. The molecule has 8 nitrogen and oxygen atoms in total. The summed E-state index contributed by atoms with van der Waals surface area (Å²) in [6, 6.07) is 0. The number of hydrogen-bond acceptors (Lipinski definition) is 5. The van der Waals surface area contributed by atoms with Crippen LogP contribution in [0, 0.1) is 5.92 Å². The van der Waals surface area contributed by atoms with Crippen LogP contribution >= 0.6 is 0 Å². The van der Waals surface area contributed by atoms with Gasteiger partial charge in [-0.3, -0.25) is 19.4 Å². The summed E-state index contributed by atoms with van der Waals surface area (Å²) in [5.74, 6) is 0.949. The van der Waals surface area contributed by atoms with Gasteiger partial charge in [0.1, 0.15) is 5.82 Å². The van der Waals surface area contributed by atoms with Crippen LogP contribution in [0.5, 0.6) is 0 Å². The van der Waals surface area contributed by atoms with Gasteiger partial charge in [0.2, 0.25) is 11.8 Å². The molecule has 1 aromatic rings. The zero-order chi connectivity index (χ0) is 17.8. The predicted molar refractivity (Wildman–Crippen MR) is 93.4 cm³/mol. The Bertz CT molecular complexity index is 608. The molecule has 0 radical (unpaired) electrons. The first-order valence-electron chi connectivity index (χ1n) is 9.01. The zero-order valence-electron chi connectivity index (χ0n) is 14.9. The topological polar surface area (TPSA) is 87.7 Å². The van der Waals surface area contributed by atoms with Crippen LogP contribution in [0.1, 0.15) is 18.7 Å². The molecule has 0 saturated carbocycles. The van der Waals surface area contributed by atoms with E-state index in [0.29, 0.717) is 6.54 Å². The van der Waals surface area contributed by atoms with Gasteiger partial charge < -0.3 is 15.2 Å². The maximum Gasteiger partial charge on any atom is 0.231 e. The third-order valence-electron chi connectivity index (χ3n) is 5.20. The van der Waals surface area contributed by atoms with Crippen LogP contribution in [0.25, 0.3) is 0 Å². The van der Waals surface area contributed by atoms with Crippen LogP contribution in [0.15, 0.2) is 12.4 Å². The van der Waals surface area contributed by atoms with E-state index in [4.69, 9.17) is 5.73 Å². The van der Waals surface area contributed by atoms with Gasteiger partial charge in [-0.2, -0.15) is 0 Å². The van der Waals surface area contributed by atoms with Crippen molar-refractivity contribution >= 4 is 11.8 Å². The molecule has 1 aromatic heterocycles. The van der Waals surface area contributed by atoms with Crippen molar-refractivity contribution in [3.05, 3.63) is 18.2 Å². The molecule has 3 heterocycles. The highest BCUT2D eigenvalue weighted by Gasteiger charge is 2.31. The smallest absolute Gasteiger partial charge is 0.231 e. The minimum absolute atomic E-state index is 0.00538. The second-order valence-electron chi connectivity index (χ2n) is 7.10. The first-order valence-corrected chi connectivity index (χ1v) is 9.01. The molecule has 138 valence electrons. The fraction of sp³-hybridized carbons (Fsp3) is 0.706. The van der Waals surface area contributed by atoms with Gasteiger partial charge in [0.25, 0.3) is 0 Å². The van der Waals surface area contributed by atoms with Gasteiger partial charge >= 0.3 is 0 Å². The maximum absolute atomic E-state index is 12.8. The van der Waals surface area contributed by atoms with Gasteiger partial charge in [-0.05, 0) is 19.4 Å². The van der Waals surface area contributed by atoms with Crippen molar-refractivity contribution in [2.45, 2.75) is 19.4 Å². The lowest BCUT2D eigenvalue weighted by Gasteiger charge is -2.38. The SMILES string of the molecule is Cn1ccnc1CN1CCN(C(=O)[C@@H]2CCCN(CC(N)=O)C2)CC1. The van der Waals surface area contributed by atoms with Crippen LogP contribution in [0.2, 0.25) is 0 Å². The molecule has 2 saturated heterocycles. The molecule has 0 spiro atoms. The number of carbonyl (C=O) groups excluding carboxylic acids is 2. The van der Waals surface area contributed by atoms with Crippen LogP contribution in [-0.4, -0.2) is 81.9 Å². The molecular formula is C17H28N6O2. The van der Waals surface area contributed by atoms with E-state index in [-0.39, 0.29) is 24.3 Å². The molecule has 2 aliphatic rings. The number of primary amides is 1. The number of rotatable bonds is 5. The number of likely N-dealkylation sites (tertiary alicyclic amines) is 1. The molecule has 8 heteroatoms. The van der Waals surface area contributed by atoms with Gasteiger partial charge in [0.05, 0.1) is 19.0 Å². The number of nitrogens with zero attached hydrogens (tertiary/aromatic N) is 5.